The first-order valence-corrected chi connectivity index (χ1v) is 13.1. The summed E-state index contributed by atoms with van der Waals surface area (Å²) in [5.74, 6) is 2.31. The van der Waals surface area contributed by atoms with Gasteiger partial charge >= 0.3 is 5.69 Å². The van der Waals surface area contributed by atoms with E-state index in [0.717, 1.165) is 53.8 Å². The van der Waals surface area contributed by atoms with Gasteiger partial charge in [0, 0.05) is 29.7 Å². The van der Waals surface area contributed by atoms with E-state index in [4.69, 9.17) is 0 Å². The number of hydrogen-bond acceptors (Lipinski definition) is 5. The number of aromatic nitrogens is 7. The predicted molar refractivity (Wildman–Crippen MR) is 140 cm³/mol. The largest absolute Gasteiger partial charge is 0.328 e. The second-order valence-electron chi connectivity index (χ2n) is 10.2. The molecule has 3 heterocycles. The van der Waals surface area contributed by atoms with Gasteiger partial charge in [-0.05, 0) is 65.1 Å². The Morgan fingerprint density at radius 2 is 1.89 bits per heavy atom. The van der Waals surface area contributed by atoms with Gasteiger partial charge in [0.05, 0.1) is 12.2 Å². The highest BCUT2D eigenvalue weighted by atomic mass is 16.1. The van der Waals surface area contributed by atoms with Crippen molar-refractivity contribution in [1.29, 1.82) is 0 Å². The van der Waals surface area contributed by atoms with Gasteiger partial charge < -0.3 is 0 Å². The molecule has 1 N–H and O–H groups in total. The minimum atomic E-state index is 0.0963. The van der Waals surface area contributed by atoms with Crippen LogP contribution in [0.4, 0.5) is 0 Å². The monoisotopic (exact) mass is 485 g/mol. The maximum Gasteiger partial charge on any atom is 0.328 e. The van der Waals surface area contributed by atoms with Crippen molar-refractivity contribution >= 4 is 0 Å². The summed E-state index contributed by atoms with van der Waals surface area (Å²) < 4.78 is 3.97. The molecule has 1 aliphatic rings. The number of pyridine rings is 1. The fourth-order valence-electron chi connectivity index (χ4n) is 5.69. The van der Waals surface area contributed by atoms with Crippen molar-refractivity contribution in [1.82, 2.24) is 34.7 Å². The maximum absolute atomic E-state index is 13.7. The van der Waals surface area contributed by atoms with Crippen molar-refractivity contribution in [2.24, 2.45) is 17.8 Å². The molecule has 3 aromatic heterocycles. The molecule has 4 aromatic rings. The average molecular weight is 486 g/mol. The number of H-pyrrole nitrogens is 1. The van der Waals surface area contributed by atoms with Crippen molar-refractivity contribution < 1.29 is 0 Å². The quantitative estimate of drug-likeness (QED) is 0.336. The molecular weight excluding hydrogens is 450 g/mol. The summed E-state index contributed by atoms with van der Waals surface area (Å²) in [5, 5.41) is 14.3. The Bertz CT molecular complexity index is 1370. The van der Waals surface area contributed by atoms with Crippen LogP contribution in [0.15, 0.2) is 53.6 Å². The summed E-state index contributed by atoms with van der Waals surface area (Å²) in [6, 6.07) is 12.4. The summed E-state index contributed by atoms with van der Waals surface area (Å²) in [6.07, 6.45) is 8.13. The molecule has 3 atom stereocenters. The van der Waals surface area contributed by atoms with Gasteiger partial charge in [0.2, 0.25) is 5.82 Å². The Morgan fingerprint density at radius 3 is 2.58 bits per heavy atom. The van der Waals surface area contributed by atoms with E-state index >= 15 is 0 Å². The van der Waals surface area contributed by atoms with E-state index in [1.807, 2.05) is 39.6 Å². The van der Waals surface area contributed by atoms with Crippen LogP contribution in [0.5, 0.6) is 0 Å². The number of rotatable bonds is 10. The Morgan fingerprint density at radius 1 is 1.08 bits per heavy atom. The van der Waals surface area contributed by atoms with Gasteiger partial charge in [-0.15, -0.1) is 10.2 Å². The van der Waals surface area contributed by atoms with Gasteiger partial charge in [-0.3, -0.25) is 14.1 Å². The molecule has 1 aliphatic carbocycles. The first kappa shape index (κ1) is 24.2. The van der Waals surface area contributed by atoms with Crippen LogP contribution in [-0.2, 0) is 13.0 Å². The van der Waals surface area contributed by atoms with Crippen LogP contribution >= 0.6 is 0 Å². The fourth-order valence-corrected chi connectivity index (χ4v) is 5.69. The Labute approximate surface area is 211 Å². The number of aromatic amines is 1. The number of unbranched alkanes of at least 4 members (excludes halogenated alkanes) is 1. The molecule has 1 fully saturated rings. The lowest BCUT2D eigenvalue weighted by Crippen LogP contribution is -2.26. The molecule has 36 heavy (non-hydrogen) atoms. The third-order valence-corrected chi connectivity index (χ3v) is 7.56. The standard InChI is InChI=1S/C28H35N7O/c1-5-7-11-23-17-35(26-24(6-2)25(26)18(3)4)28(36)34(23)16-22-15-20(12-13-29-22)19-9-8-10-21(14-19)27-30-32-33-31-27/h8-10,12-15,17-18,24-26H,5-7,11,16H2,1-4H3,(H,30,31,32,33). The highest BCUT2D eigenvalue weighted by molar-refractivity contribution is 5.70. The SMILES string of the molecule is CCCCc1cn(C2C(CC)C2C(C)C)c(=O)n1Cc1cc(-c2cccc(-c3nn[nH]n3)c2)ccn1. The summed E-state index contributed by atoms with van der Waals surface area (Å²) in [6.45, 7) is 9.45. The lowest BCUT2D eigenvalue weighted by Gasteiger charge is -2.09. The van der Waals surface area contributed by atoms with Crippen LogP contribution in [0, 0.1) is 17.8 Å². The zero-order valence-electron chi connectivity index (χ0n) is 21.6. The van der Waals surface area contributed by atoms with Crippen molar-refractivity contribution in [3.05, 3.63) is 70.7 Å². The first-order chi connectivity index (χ1) is 17.5. The van der Waals surface area contributed by atoms with Crippen molar-refractivity contribution in [3.8, 4) is 22.5 Å². The molecule has 8 heteroatoms. The molecule has 0 aliphatic heterocycles. The Balaban J connectivity index is 1.46. The zero-order chi connectivity index (χ0) is 25.2. The predicted octanol–water partition coefficient (Wildman–Crippen LogP) is 5.14. The molecule has 0 saturated heterocycles. The number of imidazole rings is 1. The third kappa shape index (κ3) is 4.64. The number of nitrogens with zero attached hydrogens (tertiary/aromatic N) is 6. The van der Waals surface area contributed by atoms with Crippen LogP contribution in [0.25, 0.3) is 22.5 Å². The molecule has 0 bridgehead atoms. The van der Waals surface area contributed by atoms with Gasteiger partial charge in [0.25, 0.3) is 0 Å². The zero-order valence-corrected chi connectivity index (χ0v) is 21.6. The van der Waals surface area contributed by atoms with Crippen LogP contribution in [0.1, 0.15) is 64.4 Å². The normalized spacial score (nSPS) is 19.2. The first-order valence-electron chi connectivity index (χ1n) is 13.1. The molecule has 3 unspecified atom stereocenters. The summed E-state index contributed by atoms with van der Waals surface area (Å²) >= 11 is 0. The summed E-state index contributed by atoms with van der Waals surface area (Å²) in [5.41, 5.74) is 5.06. The highest BCUT2D eigenvalue weighted by Crippen LogP contribution is 2.55. The number of benzene rings is 1. The molecule has 1 saturated carbocycles. The lowest BCUT2D eigenvalue weighted by molar-refractivity contribution is 0.489. The molecule has 1 aromatic carbocycles. The molecule has 0 spiro atoms. The van der Waals surface area contributed by atoms with Gasteiger partial charge in [-0.25, -0.2) is 4.79 Å². The van der Waals surface area contributed by atoms with Crippen LogP contribution in [0.3, 0.4) is 0 Å². The maximum atomic E-state index is 13.7. The van der Waals surface area contributed by atoms with Gasteiger partial charge in [-0.1, -0.05) is 58.7 Å². The molecule has 5 rings (SSSR count). The molecular formula is C28H35N7O. The molecule has 8 nitrogen and oxygen atoms in total. The molecule has 0 amide bonds. The van der Waals surface area contributed by atoms with Crippen molar-refractivity contribution in [2.75, 3.05) is 0 Å². The number of hydrogen-bond donors (Lipinski definition) is 1. The second-order valence-corrected chi connectivity index (χ2v) is 10.2. The van der Waals surface area contributed by atoms with Crippen molar-refractivity contribution in [2.45, 2.75) is 66.0 Å². The minimum Gasteiger partial charge on any atom is -0.295 e. The summed E-state index contributed by atoms with van der Waals surface area (Å²) in [4.78, 5) is 18.3. The van der Waals surface area contributed by atoms with E-state index in [-0.39, 0.29) is 5.69 Å². The second kappa shape index (κ2) is 10.2. The van der Waals surface area contributed by atoms with E-state index in [0.29, 0.717) is 36.2 Å². The average Bonchev–Trinajstić information content (AvgIpc) is 3.20. The molecule has 0 radical (unpaired) electrons. The number of nitrogens with one attached hydrogen (secondary N) is 1. The van der Waals surface area contributed by atoms with E-state index in [2.05, 4.69) is 71.6 Å². The lowest BCUT2D eigenvalue weighted by atomic mass is 10.0. The Hall–Kier alpha value is -3.55. The van der Waals surface area contributed by atoms with Crippen LogP contribution in [0.2, 0.25) is 0 Å². The number of aryl methyl sites for hydroxylation is 1. The van der Waals surface area contributed by atoms with E-state index in [1.165, 1.54) is 0 Å². The smallest absolute Gasteiger partial charge is 0.295 e. The van der Waals surface area contributed by atoms with E-state index in [9.17, 15) is 4.79 Å². The summed E-state index contributed by atoms with van der Waals surface area (Å²) in [7, 11) is 0. The van der Waals surface area contributed by atoms with Gasteiger partial charge in [0.15, 0.2) is 0 Å². The van der Waals surface area contributed by atoms with E-state index in [1.54, 1.807) is 0 Å². The topological polar surface area (TPSA) is 94.3 Å². The third-order valence-electron chi connectivity index (χ3n) is 7.56. The fraction of sp³-hybridized carbons (Fsp3) is 0.464. The van der Waals surface area contributed by atoms with Gasteiger partial charge in [-0.2, -0.15) is 5.21 Å². The molecule has 188 valence electrons. The highest BCUT2D eigenvalue weighted by Gasteiger charge is 2.52. The van der Waals surface area contributed by atoms with Crippen molar-refractivity contribution in [3.63, 3.8) is 0 Å². The minimum absolute atomic E-state index is 0.0963. The Kier molecular flexibility index (Phi) is 6.85. The van der Waals surface area contributed by atoms with Crippen LogP contribution < -0.4 is 5.69 Å². The number of tetrazole rings is 1. The van der Waals surface area contributed by atoms with Crippen LogP contribution in [-0.4, -0.2) is 34.7 Å². The van der Waals surface area contributed by atoms with E-state index < -0.39 is 0 Å². The van der Waals surface area contributed by atoms with Gasteiger partial charge in [0.1, 0.15) is 0 Å².